The molecule has 0 unspecified atom stereocenters. The minimum atomic E-state index is -0.356. The van der Waals surface area contributed by atoms with Gasteiger partial charge in [-0.25, -0.2) is 0 Å². The zero-order valence-electron chi connectivity index (χ0n) is 8.82. The Bertz CT molecular complexity index is 232. The van der Waals surface area contributed by atoms with Gasteiger partial charge in [-0.1, -0.05) is 0 Å². The monoisotopic (exact) mass is 217 g/mol. The fraction of sp³-hybridized carbons (Fsp3) is 0.778. The molecule has 0 radical (unpaired) electrons. The molecule has 1 atom stereocenters. The number of hydrogen-bond acceptors (Lipinski definition) is 4. The summed E-state index contributed by atoms with van der Waals surface area (Å²) in [6.07, 6.45) is 0.121. The van der Waals surface area contributed by atoms with Crippen molar-refractivity contribution in [2.24, 2.45) is 0 Å². The van der Waals surface area contributed by atoms with Gasteiger partial charge in [-0.05, 0) is 0 Å². The van der Waals surface area contributed by atoms with Crippen LogP contribution >= 0.6 is 0 Å². The number of carbonyl (C=O) groups is 2. The summed E-state index contributed by atoms with van der Waals surface area (Å²) in [4.78, 5) is 22.5. The largest absolute Gasteiger partial charge is 0.463 e. The van der Waals surface area contributed by atoms with Crippen LogP contribution in [0, 0.1) is 0 Å². The number of nitrogens with one attached hydrogen (secondary N) is 1. The van der Waals surface area contributed by atoms with Gasteiger partial charge in [0.05, 0.1) is 19.7 Å². The molecule has 1 aliphatic heterocycles. The van der Waals surface area contributed by atoms with E-state index in [1.54, 1.807) is 0 Å². The fourth-order valence-electron chi connectivity index (χ4n) is 1.37. The maximum Gasteiger partial charge on any atom is 0.312 e. The minimum absolute atomic E-state index is 0.0926. The molecular weight excluding hydrogens is 200 g/mol. The predicted molar refractivity (Wildman–Crippen MR) is 51.0 cm³/mol. The Kier molecular flexibility index (Phi) is 5.06. The Morgan fingerprint density at radius 1 is 1.60 bits per heavy atom. The van der Waals surface area contributed by atoms with Gasteiger partial charge in [0, 0.05) is 7.11 Å². The van der Waals surface area contributed by atoms with Crippen molar-refractivity contribution in [1.29, 1.82) is 0 Å². The normalized spacial score (nSPS) is 20.9. The third-order valence-electron chi connectivity index (χ3n) is 2.17. The summed E-state index contributed by atoms with van der Waals surface area (Å²) >= 11 is 0. The molecule has 6 heteroatoms. The van der Waals surface area contributed by atoms with Gasteiger partial charge >= 0.3 is 5.97 Å². The minimum Gasteiger partial charge on any atom is -0.463 e. The lowest BCUT2D eigenvalue weighted by Gasteiger charge is -2.19. The highest BCUT2D eigenvalue weighted by atomic mass is 16.6. The average Bonchev–Trinajstić information content (AvgIpc) is 2.22. The number of piperazine rings is 1. The van der Waals surface area contributed by atoms with Crippen molar-refractivity contribution < 1.29 is 24.4 Å². The molecule has 1 fully saturated rings. The number of hydrogen-bond donors (Lipinski definition) is 2. The average molecular weight is 217 g/mol. The van der Waals surface area contributed by atoms with Gasteiger partial charge in [-0.3, -0.25) is 9.59 Å². The van der Waals surface area contributed by atoms with Crippen LogP contribution in [0.2, 0.25) is 0 Å². The quantitative estimate of drug-likeness (QED) is 0.398. The Morgan fingerprint density at radius 2 is 2.40 bits per heavy atom. The van der Waals surface area contributed by atoms with Gasteiger partial charge in [-0.15, -0.1) is 0 Å². The molecule has 1 amide bonds. The van der Waals surface area contributed by atoms with Crippen molar-refractivity contribution in [2.45, 2.75) is 12.5 Å². The molecule has 6 nitrogen and oxygen atoms in total. The summed E-state index contributed by atoms with van der Waals surface area (Å²) in [6, 6.07) is -0.339. The smallest absolute Gasteiger partial charge is 0.312 e. The van der Waals surface area contributed by atoms with Gasteiger partial charge in [0.1, 0.15) is 13.0 Å². The number of quaternary nitrogens is 1. The Labute approximate surface area is 88.3 Å². The first-order valence-electron chi connectivity index (χ1n) is 4.99. The molecule has 3 N–H and O–H groups in total. The lowest BCUT2D eigenvalue weighted by molar-refractivity contribution is -0.678. The predicted octanol–water partition coefficient (Wildman–Crippen LogP) is -2.37. The molecule has 1 aliphatic rings. The van der Waals surface area contributed by atoms with Crippen LogP contribution in [-0.4, -0.2) is 51.3 Å². The van der Waals surface area contributed by atoms with E-state index in [1.807, 2.05) is 5.32 Å². The number of ether oxygens (including phenoxy) is 2. The second-order valence-corrected chi connectivity index (χ2v) is 3.34. The van der Waals surface area contributed by atoms with E-state index in [-0.39, 0.29) is 30.9 Å². The topological polar surface area (TPSA) is 81.2 Å². The number of nitrogens with two attached hydrogens (primary N) is 1. The molecule has 1 heterocycles. The SMILES string of the molecule is COCCOC(=O)C[C@H]1[NH2+]CCNC1=O. The van der Waals surface area contributed by atoms with E-state index < -0.39 is 0 Å². The van der Waals surface area contributed by atoms with Gasteiger partial charge in [0.25, 0.3) is 5.91 Å². The number of rotatable bonds is 5. The molecule has 1 saturated heterocycles. The van der Waals surface area contributed by atoms with Crippen molar-refractivity contribution in [3.63, 3.8) is 0 Å². The summed E-state index contributed by atoms with van der Waals surface area (Å²) in [5.74, 6) is -0.449. The third-order valence-corrected chi connectivity index (χ3v) is 2.17. The van der Waals surface area contributed by atoms with Crippen molar-refractivity contribution in [1.82, 2.24) is 5.32 Å². The van der Waals surface area contributed by atoms with E-state index in [0.717, 1.165) is 6.54 Å². The Balaban J connectivity index is 2.21. The molecule has 86 valence electrons. The lowest BCUT2D eigenvalue weighted by atomic mass is 10.1. The zero-order chi connectivity index (χ0) is 11.1. The maximum absolute atomic E-state index is 11.3. The van der Waals surface area contributed by atoms with E-state index in [2.05, 4.69) is 5.32 Å². The highest BCUT2D eigenvalue weighted by molar-refractivity contribution is 5.85. The van der Waals surface area contributed by atoms with Crippen molar-refractivity contribution in [3.8, 4) is 0 Å². The summed E-state index contributed by atoms with van der Waals surface area (Å²) in [5.41, 5.74) is 0. The van der Waals surface area contributed by atoms with Crippen LogP contribution in [0.1, 0.15) is 6.42 Å². The van der Waals surface area contributed by atoms with Crippen molar-refractivity contribution >= 4 is 11.9 Å². The summed E-state index contributed by atoms with van der Waals surface area (Å²) < 4.78 is 9.61. The molecular formula is C9H17N2O4+. The van der Waals surface area contributed by atoms with Crippen LogP contribution in [0.3, 0.4) is 0 Å². The molecule has 0 aromatic heterocycles. The molecule has 0 aromatic rings. The van der Waals surface area contributed by atoms with Crippen molar-refractivity contribution in [2.75, 3.05) is 33.4 Å². The summed E-state index contributed by atoms with van der Waals surface area (Å²) in [7, 11) is 1.54. The Hall–Kier alpha value is -1.14. The van der Waals surface area contributed by atoms with Gasteiger partial charge in [0.2, 0.25) is 0 Å². The summed E-state index contributed by atoms with van der Waals surface area (Å²) in [5, 5.41) is 4.56. The second-order valence-electron chi connectivity index (χ2n) is 3.34. The second kappa shape index (κ2) is 6.36. The zero-order valence-corrected chi connectivity index (χ0v) is 8.82. The van der Waals surface area contributed by atoms with Crippen LogP contribution in [0.4, 0.5) is 0 Å². The highest BCUT2D eigenvalue weighted by Gasteiger charge is 2.28. The lowest BCUT2D eigenvalue weighted by Crippen LogP contribution is -2.96. The fourth-order valence-corrected chi connectivity index (χ4v) is 1.37. The van der Waals surface area contributed by atoms with E-state index in [1.165, 1.54) is 7.11 Å². The standard InChI is InChI=1S/C9H16N2O4/c1-14-4-5-15-8(12)6-7-9(13)11-3-2-10-7/h7,10H,2-6H2,1H3,(H,11,13)/p+1/t7-/m1/s1. The number of methoxy groups -OCH3 is 1. The highest BCUT2D eigenvalue weighted by Crippen LogP contribution is 1.93. The molecule has 0 aliphatic carbocycles. The Morgan fingerprint density at radius 3 is 3.07 bits per heavy atom. The van der Waals surface area contributed by atoms with Gasteiger partial charge in [-0.2, -0.15) is 0 Å². The molecule has 0 saturated carbocycles. The van der Waals surface area contributed by atoms with Gasteiger partial charge < -0.3 is 20.1 Å². The molecule has 15 heavy (non-hydrogen) atoms. The van der Waals surface area contributed by atoms with Crippen LogP contribution in [0.15, 0.2) is 0 Å². The van der Waals surface area contributed by atoms with Crippen LogP contribution in [0.25, 0.3) is 0 Å². The van der Waals surface area contributed by atoms with Crippen LogP contribution in [-0.2, 0) is 19.1 Å². The summed E-state index contributed by atoms with van der Waals surface area (Å²) in [6.45, 7) is 2.09. The first-order valence-corrected chi connectivity index (χ1v) is 4.99. The van der Waals surface area contributed by atoms with E-state index >= 15 is 0 Å². The van der Waals surface area contributed by atoms with Crippen molar-refractivity contribution in [3.05, 3.63) is 0 Å². The number of amides is 1. The number of esters is 1. The maximum atomic E-state index is 11.3. The molecule has 0 spiro atoms. The van der Waals surface area contributed by atoms with Crippen LogP contribution < -0.4 is 10.6 Å². The molecule has 1 rings (SSSR count). The first-order chi connectivity index (χ1) is 7.24. The van der Waals surface area contributed by atoms with E-state index in [0.29, 0.717) is 13.2 Å². The third kappa shape index (κ3) is 4.26. The van der Waals surface area contributed by atoms with Gasteiger partial charge in [0.15, 0.2) is 6.04 Å². The molecule has 0 bridgehead atoms. The number of carbonyl (C=O) groups excluding carboxylic acids is 2. The first kappa shape index (κ1) is 11.9. The van der Waals surface area contributed by atoms with E-state index in [9.17, 15) is 9.59 Å². The van der Waals surface area contributed by atoms with E-state index in [4.69, 9.17) is 9.47 Å². The van der Waals surface area contributed by atoms with Crippen LogP contribution in [0.5, 0.6) is 0 Å². The molecule has 0 aromatic carbocycles.